The third kappa shape index (κ3) is 6.73. The molecule has 1 atom stereocenters. The molecule has 1 amide bonds. The van der Waals surface area contributed by atoms with Crippen LogP contribution in [0.5, 0.6) is 0 Å². The van der Waals surface area contributed by atoms with Crippen molar-refractivity contribution in [3.05, 3.63) is 0 Å². The molecule has 1 unspecified atom stereocenters. The summed E-state index contributed by atoms with van der Waals surface area (Å²) in [5.41, 5.74) is 5.06. The van der Waals surface area contributed by atoms with E-state index < -0.39 is 25.0 Å². The molecule has 14 heavy (non-hydrogen) atoms. The summed E-state index contributed by atoms with van der Waals surface area (Å²) in [5.74, 6) is -0.493. The molecule has 0 radical (unpaired) electrons. The Morgan fingerprint density at radius 1 is 1.57 bits per heavy atom. The number of carbonyl (C=O) groups is 1. The largest absolute Gasteiger partial charge is 0.375 e. The minimum Gasteiger partial charge on any atom is -0.375 e. The number of nitrogens with one attached hydrogen (secondary N) is 1. The molecule has 6 heteroatoms. The van der Waals surface area contributed by atoms with E-state index in [2.05, 4.69) is 10.1 Å². The molecule has 0 saturated carbocycles. The van der Waals surface area contributed by atoms with Crippen molar-refractivity contribution in [2.75, 3.05) is 19.8 Å². The van der Waals surface area contributed by atoms with Gasteiger partial charge in [-0.1, -0.05) is 6.92 Å². The topological polar surface area (TPSA) is 64.3 Å². The fourth-order valence-corrected chi connectivity index (χ4v) is 0.965. The lowest BCUT2D eigenvalue weighted by Gasteiger charge is -2.13. The minimum absolute atomic E-state index is 0.102. The van der Waals surface area contributed by atoms with E-state index in [4.69, 9.17) is 5.73 Å². The van der Waals surface area contributed by atoms with Crippen molar-refractivity contribution in [2.45, 2.75) is 25.8 Å². The number of halogens is 2. The lowest BCUT2D eigenvalue weighted by molar-refractivity contribution is -0.120. The third-order valence-corrected chi connectivity index (χ3v) is 1.59. The number of rotatable bonds is 8. The molecule has 0 aliphatic heterocycles. The summed E-state index contributed by atoms with van der Waals surface area (Å²) in [7, 11) is 0. The number of nitrogens with two attached hydrogens (primary N) is 1. The molecule has 3 N–H and O–H groups in total. The molecule has 0 saturated heterocycles. The number of likely N-dealkylation sites (N-methyl/N-ethyl adjacent to an activating group) is 1. The van der Waals surface area contributed by atoms with Crippen molar-refractivity contribution >= 4 is 5.91 Å². The highest BCUT2D eigenvalue weighted by Crippen LogP contribution is 1.96. The van der Waals surface area contributed by atoms with Crippen LogP contribution in [-0.2, 0) is 9.53 Å². The van der Waals surface area contributed by atoms with E-state index in [0.717, 1.165) is 0 Å². The van der Waals surface area contributed by atoms with Crippen molar-refractivity contribution in [2.24, 2.45) is 5.73 Å². The molecule has 0 aliphatic rings. The average Bonchev–Trinajstić information content (AvgIpc) is 2.09. The van der Waals surface area contributed by atoms with Crippen molar-refractivity contribution in [1.29, 1.82) is 0 Å². The van der Waals surface area contributed by atoms with E-state index in [0.29, 0.717) is 13.0 Å². The zero-order chi connectivity index (χ0) is 11.0. The first kappa shape index (κ1) is 13.2. The van der Waals surface area contributed by atoms with Crippen LogP contribution in [0.1, 0.15) is 13.3 Å². The number of primary amides is 1. The molecule has 0 fully saturated rings. The molecule has 0 aromatic heterocycles. The molecule has 0 spiro atoms. The van der Waals surface area contributed by atoms with E-state index in [9.17, 15) is 13.6 Å². The first-order chi connectivity index (χ1) is 6.57. The van der Waals surface area contributed by atoms with Gasteiger partial charge in [0.05, 0.1) is 6.04 Å². The SMILES string of the molecule is CCNC(CCOCC(F)F)C(N)=O. The second-order valence-corrected chi connectivity index (χ2v) is 2.77. The number of carbonyl (C=O) groups excluding carboxylic acids is 1. The summed E-state index contributed by atoms with van der Waals surface area (Å²) < 4.78 is 27.9. The van der Waals surface area contributed by atoms with Crippen LogP contribution in [0, 0.1) is 0 Å². The second-order valence-electron chi connectivity index (χ2n) is 2.77. The van der Waals surface area contributed by atoms with Crippen molar-refractivity contribution in [3.8, 4) is 0 Å². The molecule has 0 aromatic rings. The normalized spacial score (nSPS) is 13.1. The van der Waals surface area contributed by atoms with Gasteiger partial charge in [-0.2, -0.15) is 0 Å². The van der Waals surface area contributed by atoms with Crippen LogP contribution in [0.3, 0.4) is 0 Å². The predicted octanol–water partition coefficient (Wildman–Crippen LogP) is 0.122. The molecule has 0 aliphatic carbocycles. The van der Waals surface area contributed by atoms with E-state index >= 15 is 0 Å². The Kier molecular flexibility index (Phi) is 7.23. The summed E-state index contributed by atoms with van der Waals surface area (Å²) in [5, 5.41) is 2.83. The van der Waals surface area contributed by atoms with Crippen LogP contribution in [0.25, 0.3) is 0 Å². The Morgan fingerprint density at radius 3 is 2.64 bits per heavy atom. The smallest absolute Gasteiger partial charge is 0.261 e. The molecule has 0 aromatic carbocycles. The van der Waals surface area contributed by atoms with Crippen LogP contribution in [-0.4, -0.2) is 38.1 Å². The Bertz CT molecular complexity index is 167. The summed E-state index contributed by atoms with van der Waals surface area (Å²) in [6, 6.07) is -0.502. The first-order valence-corrected chi connectivity index (χ1v) is 4.46. The molecule has 4 nitrogen and oxygen atoms in total. The summed E-state index contributed by atoms with van der Waals surface area (Å²) >= 11 is 0. The van der Waals surface area contributed by atoms with Gasteiger partial charge >= 0.3 is 0 Å². The van der Waals surface area contributed by atoms with Gasteiger partial charge in [-0.15, -0.1) is 0 Å². The lowest BCUT2D eigenvalue weighted by Crippen LogP contribution is -2.41. The van der Waals surface area contributed by atoms with Gasteiger partial charge < -0.3 is 15.8 Å². The molecular weight excluding hydrogens is 194 g/mol. The average molecular weight is 210 g/mol. The molecule has 0 heterocycles. The van der Waals surface area contributed by atoms with Gasteiger partial charge in [-0.3, -0.25) is 4.79 Å². The number of alkyl halides is 2. The zero-order valence-corrected chi connectivity index (χ0v) is 8.13. The summed E-state index contributed by atoms with van der Waals surface area (Å²) in [6.07, 6.45) is -2.16. The van der Waals surface area contributed by atoms with Gasteiger partial charge in [0.1, 0.15) is 6.61 Å². The van der Waals surface area contributed by atoms with Gasteiger partial charge in [0, 0.05) is 6.61 Å². The standard InChI is InChI=1S/C8H16F2N2O2/c1-2-12-6(8(11)13)3-4-14-5-7(9)10/h6-7,12H,2-5H2,1H3,(H2,11,13). The van der Waals surface area contributed by atoms with Gasteiger partial charge in [0.15, 0.2) is 0 Å². The summed E-state index contributed by atoms with van der Waals surface area (Å²) in [4.78, 5) is 10.8. The molecule has 0 bridgehead atoms. The Labute approximate surface area is 81.8 Å². The highest BCUT2D eigenvalue weighted by atomic mass is 19.3. The maximum Gasteiger partial charge on any atom is 0.261 e. The summed E-state index contributed by atoms with van der Waals surface area (Å²) in [6.45, 7) is 1.93. The molecular formula is C8H16F2N2O2. The van der Waals surface area contributed by atoms with Gasteiger partial charge in [0.25, 0.3) is 6.43 Å². The number of amides is 1. The third-order valence-electron chi connectivity index (χ3n) is 1.59. The van der Waals surface area contributed by atoms with Crippen LogP contribution >= 0.6 is 0 Å². The second kappa shape index (κ2) is 7.64. The number of hydrogen-bond donors (Lipinski definition) is 2. The zero-order valence-electron chi connectivity index (χ0n) is 8.13. The van der Waals surface area contributed by atoms with Crippen LogP contribution in [0.2, 0.25) is 0 Å². The van der Waals surface area contributed by atoms with Gasteiger partial charge in [-0.25, -0.2) is 8.78 Å². The lowest BCUT2D eigenvalue weighted by atomic mass is 10.2. The fraction of sp³-hybridized carbons (Fsp3) is 0.875. The van der Waals surface area contributed by atoms with Crippen molar-refractivity contribution in [1.82, 2.24) is 5.32 Å². The maximum absolute atomic E-state index is 11.6. The monoisotopic (exact) mass is 210 g/mol. The van der Waals surface area contributed by atoms with Crippen LogP contribution in [0.4, 0.5) is 8.78 Å². The minimum atomic E-state index is -2.47. The molecule has 0 rings (SSSR count). The molecule has 84 valence electrons. The van der Waals surface area contributed by atoms with Crippen LogP contribution < -0.4 is 11.1 Å². The highest BCUT2D eigenvalue weighted by molar-refractivity contribution is 5.79. The van der Waals surface area contributed by atoms with Crippen molar-refractivity contribution in [3.63, 3.8) is 0 Å². The van der Waals surface area contributed by atoms with Gasteiger partial charge in [0.2, 0.25) is 5.91 Å². The van der Waals surface area contributed by atoms with E-state index in [-0.39, 0.29) is 6.61 Å². The maximum atomic E-state index is 11.6. The number of ether oxygens (including phenoxy) is 1. The predicted molar refractivity (Wildman–Crippen MR) is 48.1 cm³/mol. The fourth-order valence-electron chi connectivity index (χ4n) is 0.965. The number of hydrogen-bond acceptors (Lipinski definition) is 3. The Morgan fingerprint density at radius 2 is 2.21 bits per heavy atom. The van der Waals surface area contributed by atoms with Crippen LogP contribution in [0.15, 0.2) is 0 Å². The van der Waals surface area contributed by atoms with Gasteiger partial charge in [-0.05, 0) is 13.0 Å². The highest BCUT2D eigenvalue weighted by Gasteiger charge is 2.13. The van der Waals surface area contributed by atoms with E-state index in [1.807, 2.05) is 6.92 Å². The Balaban J connectivity index is 3.56. The van der Waals surface area contributed by atoms with E-state index in [1.165, 1.54) is 0 Å². The Hall–Kier alpha value is -0.750. The van der Waals surface area contributed by atoms with E-state index in [1.54, 1.807) is 0 Å². The quantitative estimate of drug-likeness (QED) is 0.559. The van der Waals surface area contributed by atoms with Crippen molar-refractivity contribution < 1.29 is 18.3 Å². The first-order valence-electron chi connectivity index (χ1n) is 4.46.